The van der Waals surface area contributed by atoms with Gasteiger partial charge >= 0.3 is 0 Å². The maximum Gasteiger partial charge on any atom is 0.255 e. The van der Waals surface area contributed by atoms with Crippen LogP contribution in [0.15, 0.2) is 60.7 Å². The third-order valence-corrected chi connectivity index (χ3v) is 6.58. The van der Waals surface area contributed by atoms with Gasteiger partial charge < -0.3 is 10.1 Å². The van der Waals surface area contributed by atoms with Crippen LogP contribution in [0, 0.1) is 13.8 Å². The summed E-state index contributed by atoms with van der Waals surface area (Å²) >= 11 is 24.6. The van der Waals surface area contributed by atoms with Gasteiger partial charge in [-0.15, -0.1) is 0 Å². The van der Waals surface area contributed by atoms with Crippen molar-refractivity contribution in [2.75, 3.05) is 5.32 Å². The van der Waals surface area contributed by atoms with Gasteiger partial charge in [0.15, 0.2) is 5.75 Å². The molecule has 0 spiro atoms. The summed E-state index contributed by atoms with van der Waals surface area (Å²) in [5, 5.41) is 9.30. The fraction of sp³-hybridized carbons (Fsp3) is 0.154. The predicted octanol–water partition coefficient (Wildman–Crippen LogP) is 7.99. The molecule has 180 valence electrons. The molecule has 0 fully saturated rings. The second kappa shape index (κ2) is 10.9. The number of carbonyl (C=O) groups is 1. The lowest BCUT2D eigenvalue weighted by Gasteiger charge is -2.12. The molecule has 4 rings (SSSR count). The quantitative estimate of drug-likeness (QED) is 0.254. The van der Waals surface area contributed by atoms with E-state index in [0.29, 0.717) is 43.6 Å². The van der Waals surface area contributed by atoms with Crippen LogP contribution in [0.3, 0.4) is 0 Å². The maximum absolute atomic E-state index is 13.0. The minimum atomic E-state index is -0.252. The number of hydrogen-bond acceptors (Lipinski definition) is 3. The molecule has 0 aliphatic carbocycles. The van der Waals surface area contributed by atoms with Gasteiger partial charge in [0.1, 0.15) is 6.61 Å². The van der Waals surface area contributed by atoms with Gasteiger partial charge in [-0.25, -0.2) is 0 Å². The van der Waals surface area contributed by atoms with E-state index in [1.54, 1.807) is 30.3 Å². The van der Waals surface area contributed by atoms with Crippen LogP contribution in [-0.4, -0.2) is 15.7 Å². The molecule has 5 nitrogen and oxygen atoms in total. The van der Waals surface area contributed by atoms with Gasteiger partial charge in [0.2, 0.25) is 0 Å². The van der Waals surface area contributed by atoms with Gasteiger partial charge in [0, 0.05) is 15.6 Å². The zero-order valence-electron chi connectivity index (χ0n) is 18.9. The van der Waals surface area contributed by atoms with Crippen LogP contribution in [0.25, 0.3) is 0 Å². The number of halogens is 4. The lowest BCUT2D eigenvalue weighted by Crippen LogP contribution is -2.14. The zero-order valence-corrected chi connectivity index (χ0v) is 21.9. The maximum atomic E-state index is 13.0. The molecule has 0 aliphatic rings. The lowest BCUT2D eigenvalue weighted by molar-refractivity contribution is 0.102. The smallest absolute Gasteiger partial charge is 0.255 e. The summed E-state index contributed by atoms with van der Waals surface area (Å²) in [5.74, 6) is 0.0858. The number of ether oxygens (including phenoxy) is 1. The van der Waals surface area contributed by atoms with Crippen LogP contribution in [0.1, 0.15) is 32.9 Å². The molecule has 1 heterocycles. The Morgan fingerprint density at radius 1 is 0.943 bits per heavy atom. The monoisotopic (exact) mass is 547 g/mol. The van der Waals surface area contributed by atoms with Gasteiger partial charge in [0.25, 0.3) is 5.91 Å². The standard InChI is InChI=1S/C26H21Cl4N3O2/c1-15-24(16(2)33(32-15)13-19-7-3-4-9-21(19)28)31-26(34)18-8-5-6-17(10-18)14-35-25-22(29)11-20(27)12-23(25)30/h3-12H,13-14H2,1-2H3,(H,31,34). The van der Waals surface area contributed by atoms with E-state index in [1.807, 2.05) is 48.9 Å². The summed E-state index contributed by atoms with van der Waals surface area (Å²) in [6, 6.07) is 17.9. The minimum absolute atomic E-state index is 0.177. The van der Waals surface area contributed by atoms with E-state index in [9.17, 15) is 4.79 Å². The van der Waals surface area contributed by atoms with Crippen LogP contribution in [-0.2, 0) is 13.2 Å². The summed E-state index contributed by atoms with van der Waals surface area (Å²) in [4.78, 5) is 13.0. The van der Waals surface area contributed by atoms with Gasteiger partial charge in [-0.1, -0.05) is 76.7 Å². The van der Waals surface area contributed by atoms with E-state index >= 15 is 0 Å². The summed E-state index contributed by atoms with van der Waals surface area (Å²) < 4.78 is 7.62. The normalized spacial score (nSPS) is 10.9. The molecular formula is C26H21Cl4N3O2. The Balaban J connectivity index is 1.48. The Bertz CT molecular complexity index is 1380. The van der Waals surface area contributed by atoms with Gasteiger partial charge in [-0.3, -0.25) is 9.48 Å². The van der Waals surface area contributed by atoms with Crippen molar-refractivity contribution in [1.82, 2.24) is 9.78 Å². The average Bonchev–Trinajstić information content (AvgIpc) is 3.07. The van der Waals surface area contributed by atoms with E-state index in [1.165, 1.54) is 0 Å². The van der Waals surface area contributed by atoms with E-state index in [0.717, 1.165) is 22.5 Å². The Labute approximate surface area is 223 Å². The van der Waals surface area contributed by atoms with E-state index in [4.69, 9.17) is 51.1 Å². The predicted molar refractivity (Wildman–Crippen MR) is 142 cm³/mol. The molecule has 0 saturated carbocycles. The molecule has 0 atom stereocenters. The largest absolute Gasteiger partial charge is 0.486 e. The van der Waals surface area contributed by atoms with Gasteiger partial charge in [-0.05, 0) is 55.3 Å². The highest BCUT2D eigenvalue weighted by molar-refractivity contribution is 6.40. The second-order valence-corrected chi connectivity index (χ2v) is 9.59. The van der Waals surface area contributed by atoms with Crippen molar-refractivity contribution < 1.29 is 9.53 Å². The molecule has 1 amide bonds. The summed E-state index contributed by atoms with van der Waals surface area (Å²) in [6.45, 7) is 4.45. The molecule has 3 aromatic carbocycles. The van der Waals surface area contributed by atoms with Crippen molar-refractivity contribution in [2.45, 2.75) is 27.0 Å². The van der Waals surface area contributed by atoms with Crippen molar-refractivity contribution >= 4 is 58.0 Å². The number of aromatic nitrogens is 2. The topological polar surface area (TPSA) is 56.2 Å². The lowest BCUT2D eigenvalue weighted by atomic mass is 10.1. The number of amides is 1. The molecule has 0 bridgehead atoms. The van der Waals surface area contributed by atoms with Crippen molar-refractivity contribution in [1.29, 1.82) is 0 Å². The van der Waals surface area contributed by atoms with Crippen LogP contribution in [0.4, 0.5) is 5.69 Å². The van der Waals surface area contributed by atoms with Crippen LogP contribution < -0.4 is 10.1 Å². The molecule has 35 heavy (non-hydrogen) atoms. The highest BCUT2D eigenvalue weighted by Crippen LogP contribution is 2.36. The zero-order chi connectivity index (χ0) is 25.1. The number of benzene rings is 3. The fourth-order valence-corrected chi connectivity index (χ4v) is 4.75. The highest BCUT2D eigenvalue weighted by Gasteiger charge is 2.17. The van der Waals surface area contributed by atoms with Gasteiger partial charge in [-0.2, -0.15) is 5.10 Å². The molecule has 9 heteroatoms. The number of nitrogens with zero attached hydrogens (tertiary/aromatic N) is 2. The van der Waals surface area contributed by atoms with Gasteiger partial charge in [0.05, 0.1) is 33.7 Å². The fourth-order valence-electron chi connectivity index (χ4n) is 3.63. The molecular weight excluding hydrogens is 528 g/mol. The molecule has 4 aromatic rings. The van der Waals surface area contributed by atoms with Crippen LogP contribution >= 0.6 is 46.4 Å². The molecule has 0 unspecified atom stereocenters. The van der Waals surface area contributed by atoms with Crippen molar-refractivity contribution in [3.8, 4) is 5.75 Å². The highest BCUT2D eigenvalue weighted by atomic mass is 35.5. The molecule has 1 aromatic heterocycles. The van der Waals surface area contributed by atoms with E-state index in [-0.39, 0.29) is 12.5 Å². The minimum Gasteiger partial charge on any atom is -0.486 e. The van der Waals surface area contributed by atoms with E-state index < -0.39 is 0 Å². The first-order valence-electron chi connectivity index (χ1n) is 10.7. The molecule has 0 saturated heterocycles. The number of carbonyl (C=O) groups excluding carboxylic acids is 1. The Morgan fingerprint density at radius 2 is 1.66 bits per heavy atom. The Hall–Kier alpha value is -2.70. The first kappa shape index (κ1) is 25.4. The number of nitrogens with one attached hydrogen (secondary N) is 1. The third kappa shape index (κ3) is 5.93. The van der Waals surface area contributed by atoms with Crippen molar-refractivity contribution in [3.05, 3.63) is 109 Å². The first-order valence-corrected chi connectivity index (χ1v) is 12.2. The van der Waals surface area contributed by atoms with Crippen molar-refractivity contribution in [3.63, 3.8) is 0 Å². The van der Waals surface area contributed by atoms with Crippen molar-refractivity contribution in [2.24, 2.45) is 0 Å². The average molecular weight is 549 g/mol. The number of rotatable bonds is 7. The molecule has 0 aliphatic heterocycles. The summed E-state index contributed by atoms with van der Waals surface area (Å²) in [5.41, 5.74) is 4.44. The number of hydrogen-bond donors (Lipinski definition) is 1. The molecule has 0 radical (unpaired) electrons. The molecule has 1 N–H and O–H groups in total. The van der Waals surface area contributed by atoms with E-state index in [2.05, 4.69) is 10.4 Å². The van der Waals surface area contributed by atoms with Crippen LogP contribution in [0.5, 0.6) is 5.75 Å². The SMILES string of the molecule is Cc1nn(Cc2ccccc2Cl)c(C)c1NC(=O)c1cccc(COc2c(Cl)cc(Cl)cc2Cl)c1. The number of anilines is 1. The Kier molecular flexibility index (Phi) is 7.92. The summed E-state index contributed by atoms with van der Waals surface area (Å²) in [6.07, 6.45) is 0. The number of aryl methyl sites for hydroxylation is 1. The second-order valence-electron chi connectivity index (χ2n) is 7.94. The summed E-state index contributed by atoms with van der Waals surface area (Å²) in [7, 11) is 0. The Morgan fingerprint density at radius 3 is 2.37 bits per heavy atom. The third-order valence-electron chi connectivity index (χ3n) is 5.43. The van der Waals surface area contributed by atoms with Crippen LogP contribution in [0.2, 0.25) is 20.1 Å². The first-order chi connectivity index (χ1) is 16.7.